The van der Waals surface area contributed by atoms with E-state index >= 15 is 0 Å². The Morgan fingerprint density at radius 1 is 0.451 bits per heavy atom. The van der Waals surface area contributed by atoms with Crippen LogP contribution in [0.1, 0.15) is 251 Å². The molecule has 0 radical (unpaired) electrons. The van der Waals surface area contributed by atoms with Crippen LogP contribution in [0.15, 0.2) is 72.9 Å². The fourth-order valence-corrected chi connectivity index (χ4v) is 8.76. The maximum atomic E-state index is 12.8. The minimum Gasteiger partial charge on any atom is -0.462 e. The number of unbranched alkanes of at least 4 members (excludes halogenated alkanes) is 27. The zero-order valence-corrected chi connectivity index (χ0v) is 47.6. The third-order valence-corrected chi connectivity index (χ3v) is 13.5. The predicted octanol–water partition coefficient (Wildman–Crippen LogP) is 18.1. The topological polar surface area (TPSA) is 108 Å². The van der Waals surface area contributed by atoms with Crippen molar-refractivity contribution in [3.05, 3.63) is 72.9 Å². The molecule has 0 rings (SSSR count). The van der Waals surface area contributed by atoms with Gasteiger partial charge in [-0.2, -0.15) is 0 Å². The molecule has 9 nitrogen and oxygen atoms in total. The van der Waals surface area contributed by atoms with Crippen molar-refractivity contribution in [1.29, 1.82) is 0 Å². The third kappa shape index (κ3) is 56.6. The number of ether oxygens (including phenoxy) is 2. The molecular weight excluding hydrogens is 906 g/mol. The van der Waals surface area contributed by atoms with Gasteiger partial charge in [-0.05, 0) is 64.2 Å². The molecule has 71 heavy (non-hydrogen) atoms. The van der Waals surface area contributed by atoms with E-state index in [2.05, 4.69) is 86.8 Å². The number of phosphoric acid groups is 1. The number of hydrogen-bond donors (Lipinski definition) is 1. The summed E-state index contributed by atoms with van der Waals surface area (Å²) in [5, 5.41) is 0. The van der Waals surface area contributed by atoms with E-state index in [1.165, 1.54) is 122 Å². The van der Waals surface area contributed by atoms with Gasteiger partial charge in [0, 0.05) is 12.8 Å². The van der Waals surface area contributed by atoms with Gasteiger partial charge in [0.05, 0.1) is 27.7 Å². The maximum Gasteiger partial charge on any atom is 0.472 e. The van der Waals surface area contributed by atoms with Crippen LogP contribution < -0.4 is 0 Å². The molecule has 0 bridgehead atoms. The van der Waals surface area contributed by atoms with Gasteiger partial charge in [-0.15, -0.1) is 0 Å². The first-order valence-corrected chi connectivity index (χ1v) is 30.7. The predicted molar refractivity (Wildman–Crippen MR) is 302 cm³/mol. The second-order valence-electron chi connectivity index (χ2n) is 20.7. The molecule has 1 N–H and O–H groups in total. The molecule has 0 fully saturated rings. The summed E-state index contributed by atoms with van der Waals surface area (Å²) in [5.41, 5.74) is 0. The van der Waals surface area contributed by atoms with Crippen LogP contribution in [-0.2, 0) is 32.7 Å². The number of carbonyl (C=O) groups is 2. The van der Waals surface area contributed by atoms with Crippen LogP contribution in [0.25, 0.3) is 0 Å². The molecule has 0 aliphatic heterocycles. The van der Waals surface area contributed by atoms with E-state index in [0.29, 0.717) is 17.4 Å². The largest absolute Gasteiger partial charge is 0.472 e. The zero-order valence-electron chi connectivity index (χ0n) is 46.7. The van der Waals surface area contributed by atoms with E-state index in [1.54, 1.807) is 0 Å². The molecule has 0 saturated carbocycles. The van der Waals surface area contributed by atoms with Crippen LogP contribution in [0.5, 0.6) is 0 Å². The van der Waals surface area contributed by atoms with Gasteiger partial charge in [0.1, 0.15) is 19.8 Å². The lowest BCUT2D eigenvalue weighted by molar-refractivity contribution is -0.870. The van der Waals surface area contributed by atoms with Gasteiger partial charge < -0.3 is 18.9 Å². The average molecular weight is 1020 g/mol. The number of quaternary nitrogens is 1. The van der Waals surface area contributed by atoms with Crippen molar-refractivity contribution in [1.82, 2.24) is 0 Å². The molecule has 2 atom stereocenters. The minimum atomic E-state index is -4.39. The summed E-state index contributed by atoms with van der Waals surface area (Å²) in [5.74, 6) is -0.808. The highest BCUT2D eigenvalue weighted by molar-refractivity contribution is 7.47. The van der Waals surface area contributed by atoms with Gasteiger partial charge >= 0.3 is 19.8 Å². The Morgan fingerprint density at radius 2 is 0.803 bits per heavy atom. The smallest absolute Gasteiger partial charge is 0.462 e. The van der Waals surface area contributed by atoms with Gasteiger partial charge in [-0.3, -0.25) is 18.6 Å². The maximum absolute atomic E-state index is 12.8. The molecule has 0 aliphatic rings. The Labute approximate surface area is 438 Å². The highest BCUT2D eigenvalue weighted by Crippen LogP contribution is 2.43. The third-order valence-electron chi connectivity index (χ3n) is 12.5. The fraction of sp³-hybridized carbons (Fsp3) is 0.770. The number of carbonyl (C=O) groups excluding carboxylic acids is 2. The molecule has 0 saturated heterocycles. The second kappa shape index (κ2) is 52.3. The van der Waals surface area contributed by atoms with Gasteiger partial charge in [0.25, 0.3) is 0 Å². The van der Waals surface area contributed by atoms with Crippen molar-refractivity contribution in [2.45, 2.75) is 258 Å². The lowest BCUT2D eigenvalue weighted by atomic mass is 10.0. The molecule has 0 aromatic carbocycles. The second-order valence-corrected chi connectivity index (χ2v) is 22.1. The number of esters is 2. The molecule has 0 heterocycles. The Balaban J connectivity index is 4.21. The number of phosphoric ester groups is 1. The Morgan fingerprint density at radius 3 is 1.20 bits per heavy atom. The van der Waals surface area contributed by atoms with E-state index in [9.17, 15) is 19.0 Å². The van der Waals surface area contributed by atoms with E-state index in [-0.39, 0.29) is 32.0 Å². The summed E-state index contributed by atoms with van der Waals surface area (Å²) in [4.78, 5) is 35.7. The highest BCUT2D eigenvalue weighted by atomic mass is 31.2. The monoisotopic (exact) mass is 1020 g/mol. The quantitative estimate of drug-likeness (QED) is 0.0211. The van der Waals surface area contributed by atoms with Crippen LogP contribution in [0, 0.1) is 0 Å². The molecule has 2 unspecified atom stereocenters. The first-order valence-electron chi connectivity index (χ1n) is 29.2. The van der Waals surface area contributed by atoms with Crippen LogP contribution in [0.2, 0.25) is 0 Å². The number of likely N-dealkylation sites (N-methyl/N-ethyl adjacent to an activating group) is 1. The summed E-state index contributed by atoms with van der Waals surface area (Å²) in [6.45, 7) is 4.33. The number of allylic oxidation sites excluding steroid dienone is 12. The van der Waals surface area contributed by atoms with Gasteiger partial charge in [-0.1, -0.05) is 247 Å². The van der Waals surface area contributed by atoms with E-state index < -0.39 is 26.5 Å². The van der Waals surface area contributed by atoms with Crippen molar-refractivity contribution in [2.24, 2.45) is 0 Å². The lowest BCUT2D eigenvalue weighted by Crippen LogP contribution is -2.37. The lowest BCUT2D eigenvalue weighted by Gasteiger charge is -2.24. The Hall–Kier alpha value is -2.55. The average Bonchev–Trinajstić information content (AvgIpc) is 3.33. The fourth-order valence-electron chi connectivity index (χ4n) is 8.02. The summed E-state index contributed by atoms with van der Waals surface area (Å²) in [7, 11) is 1.47. The number of nitrogens with zero attached hydrogens (tertiary/aromatic N) is 1. The van der Waals surface area contributed by atoms with E-state index in [0.717, 1.165) is 96.3 Å². The van der Waals surface area contributed by atoms with Crippen LogP contribution in [-0.4, -0.2) is 74.9 Å². The van der Waals surface area contributed by atoms with Crippen molar-refractivity contribution in [3.63, 3.8) is 0 Å². The SMILES string of the molecule is CC/C=C\C/C=C\C/C=C\C/C=C\C/C=C\C/C=C\CCCCCCCCC(=O)OC(COC(=O)CCCCCCCCCCCCCCCCCCCCCCCC)COP(=O)(O)OCC[N+](C)(C)C. The van der Waals surface area contributed by atoms with Crippen LogP contribution >= 0.6 is 7.82 Å². The summed E-state index contributed by atoms with van der Waals surface area (Å²) >= 11 is 0. The molecule has 0 amide bonds. The van der Waals surface area contributed by atoms with Gasteiger partial charge in [0.2, 0.25) is 0 Å². The molecule has 0 aromatic heterocycles. The normalized spacial score (nSPS) is 13.8. The standard InChI is InChI=1S/C61H110NO8P/c1-6-8-10-12-14-16-18-20-22-24-26-28-30-31-32-34-36-38-40-42-44-46-48-50-52-54-61(64)70-59(58-69-71(65,66)68-56-55-62(3,4)5)57-67-60(63)53-51-49-47-45-43-41-39-37-35-33-29-27-25-23-21-19-17-15-13-11-9-7-2/h8,10,14,16,20,22,26,28,31-32,36,38,59H,6-7,9,11-13,15,17-19,21,23-25,27,29-30,33-35,37,39-58H2,1-5H3/p+1/b10-8-,16-14-,22-20-,28-26-,32-31-,38-36-. The van der Waals surface area contributed by atoms with Crippen molar-refractivity contribution >= 4 is 19.8 Å². The van der Waals surface area contributed by atoms with Crippen molar-refractivity contribution in [2.75, 3.05) is 47.5 Å². The highest BCUT2D eigenvalue weighted by Gasteiger charge is 2.27. The Kier molecular flexibility index (Phi) is 50.4. The first-order chi connectivity index (χ1) is 34.5. The molecule has 0 aliphatic carbocycles. The summed E-state index contributed by atoms with van der Waals surface area (Å²) < 4.78 is 34.6. The van der Waals surface area contributed by atoms with Gasteiger partial charge in [-0.25, -0.2) is 4.57 Å². The van der Waals surface area contributed by atoms with Crippen LogP contribution in [0.3, 0.4) is 0 Å². The van der Waals surface area contributed by atoms with Gasteiger partial charge in [0.15, 0.2) is 6.10 Å². The molecule has 10 heteroatoms. The molecular formula is C61H111NO8P+. The molecule has 412 valence electrons. The van der Waals surface area contributed by atoms with E-state index in [1.807, 2.05) is 21.1 Å². The van der Waals surface area contributed by atoms with E-state index in [4.69, 9.17) is 18.5 Å². The Bertz CT molecular complexity index is 1430. The summed E-state index contributed by atoms with van der Waals surface area (Å²) in [6.07, 6.45) is 68.2. The first kappa shape index (κ1) is 68.5. The summed E-state index contributed by atoms with van der Waals surface area (Å²) in [6, 6.07) is 0. The number of hydrogen-bond acceptors (Lipinski definition) is 7. The number of rotatable bonds is 53. The van der Waals surface area contributed by atoms with Crippen molar-refractivity contribution < 1.29 is 42.1 Å². The minimum absolute atomic E-state index is 0.0266. The van der Waals surface area contributed by atoms with Crippen molar-refractivity contribution in [3.8, 4) is 0 Å². The molecule has 0 aromatic rings. The molecule has 0 spiro atoms. The van der Waals surface area contributed by atoms with Crippen LogP contribution in [0.4, 0.5) is 0 Å². The zero-order chi connectivity index (χ0) is 52.0.